The second-order valence-corrected chi connectivity index (χ2v) is 9.48. The van der Waals surface area contributed by atoms with Gasteiger partial charge in [-0.2, -0.15) is 0 Å². The molecular weight excluding hydrogens is 378 g/mol. The van der Waals surface area contributed by atoms with Crippen LogP contribution in [-0.2, 0) is 19.6 Å². The molecule has 0 aromatic heterocycles. The highest BCUT2D eigenvalue weighted by atomic mass is 32.2. The van der Waals surface area contributed by atoms with Crippen LogP contribution in [0, 0.1) is 5.92 Å². The van der Waals surface area contributed by atoms with Gasteiger partial charge < -0.3 is 10.2 Å². The van der Waals surface area contributed by atoms with Crippen molar-refractivity contribution in [2.45, 2.75) is 62.8 Å². The van der Waals surface area contributed by atoms with Crippen molar-refractivity contribution in [3.05, 3.63) is 24.3 Å². The first-order chi connectivity index (χ1) is 13.3. The highest BCUT2D eigenvalue weighted by Crippen LogP contribution is 2.27. The van der Waals surface area contributed by atoms with E-state index in [1.165, 1.54) is 25.5 Å². The molecule has 2 fully saturated rings. The predicted molar refractivity (Wildman–Crippen MR) is 107 cm³/mol. The summed E-state index contributed by atoms with van der Waals surface area (Å²) >= 11 is 0. The Balaban J connectivity index is 1.53. The Morgan fingerprint density at radius 2 is 1.57 bits per heavy atom. The first-order valence-electron chi connectivity index (χ1n) is 10.0. The van der Waals surface area contributed by atoms with Crippen LogP contribution < -0.4 is 10.0 Å². The molecule has 1 aromatic carbocycles. The zero-order valence-electron chi connectivity index (χ0n) is 16.3. The minimum Gasteiger partial charge on any atom is -0.342 e. The molecule has 1 saturated carbocycles. The summed E-state index contributed by atoms with van der Waals surface area (Å²) in [6, 6.07) is 5.93. The highest BCUT2D eigenvalue weighted by Gasteiger charge is 2.30. The van der Waals surface area contributed by atoms with Gasteiger partial charge in [-0.1, -0.05) is 19.3 Å². The second-order valence-electron chi connectivity index (χ2n) is 7.76. The summed E-state index contributed by atoms with van der Waals surface area (Å²) in [6.07, 6.45) is 6.71. The summed E-state index contributed by atoms with van der Waals surface area (Å²) in [7, 11) is -3.63. The summed E-state index contributed by atoms with van der Waals surface area (Å²) in [5.41, 5.74) is 0.556. The fourth-order valence-corrected chi connectivity index (χ4v) is 5.34. The molecule has 28 heavy (non-hydrogen) atoms. The molecule has 1 aliphatic heterocycles. The van der Waals surface area contributed by atoms with Crippen LogP contribution in [0.5, 0.6) is 0 Å². The Bertz CT molecular complexity index is 793. The molecule has 0 spiro atoms. The molecule has 1 saturated heterocycles. The maximum atomic E-state index is 12.6. The molecule has 7 nitrogen and oxygen atoms in total. The number of nitrogens with one attached hydrogen (secondary N) is 2. The highest BCUT2D eigenvalue weighted by molar-refractivity contribution is 7.89. The molecule has 2 amide bonds. The fraction of sp³-hybridized carbons (Fsp3) is 0.600. The number of amides is 2. The second kappa shape index (κ2) is 9.05. The first-order valence-corrected chi connectivity index (χ1v) is 11.5. The summed E-state index contributed by atoms with van der Waals surface area (Å²) in [5, 5.41) is 2.62. The number of carbonyl (C=O) groups excluding carboxylic acids is 2. The maximum absolute atomic E-state index is 12.6. The van der Waals surface area contributed by atoms with E-state index in [9.17, 15) is 18.0 Å². The average Bonchev–Trinajstić information content (AvgIpc) is 2.68. The van der Waals surface area contributed by atoms with E-state index in [1.54, 1.807) is 12.1 Å². The van der Waals surface area contributed by atoms with E-state index in [1.807, 2.05) is 4.90 Å². The van der Waals surface area contributed by atoms with Gasteiger partial charge in [0.2, 0.25) is 21.8 Å². The summed E-state index contributed by atoms with van der Waals surface area (Å²) in [4.78, 5) is 25.8. The quantitative estimate of drug-likeness (QED) is 0.784. The van der Waals surface area contributed by atoms with Crippen LogP contribution in [0.4, 0.5) is 5.69 Å². The third-order valence-electron chi connectivity index (χ3n) is 5.57. The Kier molecular flexibility index (Phi) is 6.72. The molecule has 2 aliphatic rings. The third-order valence-corrected chi connectivity index (χ3v) is 7.10. The number of benzene rings is 1. The SMILES string of the molecule is CC(=O)Nc1ccc(S(=O)(=O)NC2CCN(C(=O)C3CCCCC3)CC2)cc1. The van der Waals surface area contributed by atoms with E-state index in [4.69, 9.17) is 0 Å². The van der Waals surface area contributed by atoms with E-state index in [0.29, 0.717) is 31.6 Å². The van der Waals surface area contributed by atoms with Crippen LogP contribution in [0.2, 0.25) is 0 Å². The monoisotopic (exact) mass is 407 g/mol. The van der Waals surface area contributed by atoms with Crippen LogP contribution in [0.15, 0.2) is 29.2 Å². The number of carbonyl (C=O) groups is 2. The molecule has 0 bridgehead atoms. The van der Waals surface area contributed by atoms with Crippen molar-refractivity contribution in [1.82, 2.24) is 9.62 Å². The number of hydrogen-bond donors (Lipinski definition) is 2. The number of rotatable bonds is 5. The van der Waals surface area contributed by atoms with E-state index in [2.05, 4.69) is 10.0 Å². The molecule has 3 rings (SSSR count). The number of anilines is 1. The number of nitrogens with zero attached hydrogens (tertiary/aromatic N) is 1. The molecule has 154 valence electrons. The smallest absolute Gasteiger partial charge is 0.240 e. The lowest BCUT2D eigenvalue weighted by atomic mass is 9.87. The van der Waals surface area contributed by atoms with Gasteiger partial charge in [0.1, 0.15) is 0 Å². The van der Waals surface area contributed by atoms with Crippen molar-refractivity contribution in [3.63, 3.8) is 0 Å². The molecule has 0 radical (unpaired) electrons. The molecule has 8 heteroatoms. The van der Waals surface area contributed by atoms with Gasteiger partial charge in [0.25, 0.3) is 0 Å². The lowest BCUT2D eigenvalue weighted by molar-refractivity contribution is -0.137. The Morgan fingerprint density at radius 3 is 2.14 bits per heavy atom. The van der Waals surface area contributed by atoms with Crippen molar-refractivity contribution >= 4 is 27.5 Å². The topological polar surface area (TPSA) is 95.6 Å². The van der Waals surface area contributed by atoms with E-state index in [0.717, 1.165) is 25.7 Å². The molecule has 1 heterocycles. The van der Waals surface area contributed by atoms with Crippen molar-refractivity contribution in [3.8, 4) is 0 Å². The van der Waals surface area contributed by atoms with Crippen molar-refractivity contribution < 1.29 is 18.0 Å². The minimum absolute atomic E-state index is 0.157. The molecule has 1 aromatic rings. The predicted octanol–water partition coefficient (Wildman–Crippen LogP) is 2.49. The summed E-state index contributed by atoms with van der Waals surface area (Å²) < 4.78 is 28.0. The lowest BCUT2D eigenvalue weighted by Gasteiger charge is -2.35. The molecule has 2 N–H and O–H groups in total. The third kappa shape index (κ3) is 5.32. The van der Waals surface area contributed by atoms with Gasteiger partial charge >= 0.3 is 0 Å². The van der Waals surface area contributed by atoms with Crippen LogP contribution in [0.3, 0.4) is 0 Å². The summed E-state index contributed by atoms with van der Waals surface area (Å²) in [6.45, 7) is 2.60. The Labute approximate surface area is 166 Å². The van der Waals surface area contributed by atoms with Gasteiger partial charge in [-0.15, -0.1) is 0 Å². The van der Waals surface area contributed by atoms with Gasteiger partial charge in [-0.05, 0) is 49.9 Å². The number of sulfonamides is 1. The first kappa shape index (κ1) is 20.8. The van der Waals surface area contributed by atoms with Crippen molar-refractivity contribution in [2.24, 2.45) is 5.92 Å². The summed E-state index contributed by atoms with van der Waals surface area (Å²) in [5.74, 6) is 0.196. The van der Waals surface area contributed by atoms with Gasteiger partial charge in [0.15, 0.2) is 0 Å². The molecule has 1 aliphatic carbocycles. The normalized spacial score (nSPS) is 19.4. The van der Waals surface area contributed by atoms with E-state index >= 15 is 0 Å². The minimum atomic E-state index is -3.63. The zero-order chi connectivity index (χ0) is 20.1. The maximum Gasteiger partial charge on any atom is 0.240 e. The molecule has 0 atom stereocenters. The number of likely N-dealkylation sites (tertiary alicyclic amines) is 1. The zero-order valence-corrected chi connectivity index (χ0v) is 17.1. The standard InChI is InChI=1S/C20H29N3O4S/c1-15(24)21-17-7-9-19(10-8-17)28(26,27)22-18-11-13-23(14-12-18)20(25)16-5-3-2-4-6-16/h7-10,16,18,22H,2-6,11-14H2,1H3,(H,21,24). The van der Waals surface area contributed by atoms with Crippen LogP contribution in [0.1, 0.15) is 51.9 Å². The average molecular weight is 408 g/mol. The van der Waals surface area contributed by atoms with Gasteiger partial charge in [-0.3, -0.25) is 9.59 Å². The lowest BCUT2D eigenvalue weighted by Crippen LogP contribution is -2.48. The molecule has 0 unspecified atom stereocenters. The largest absolute Gasteiger partial charge is 0.342 e. The van der Waals surface area contributed by atoms with E-state index < -0.39 is 10.0 Å². The van der Waals surface area contributed by atoms with Crippen molar-refractivity contribution in [2.75, 3.05) is 18.4 Å². The van der Waals surface area contributed by atoms with Crippen LogP contribution in [-0.4, -0.2) is 44.3 Å². The van der Waals surface area contributed by atoms with E-state index in [-0.39, 0.29) is 28.7 Å². The van der Waals surface area contributed by atoms with Crippen molar-refractivity contribution in [1.29, 1.82) is 0 Å². The van der Waals surface area contributed by atoms with Gasteiger partial charge in [-0.25, -0.2) is 13.1 Å². The van der Waals surface area contributed by atoms with Gasteiger partial charge in [0, 0.05) is 37.7 Å². The number of piperidine rings is 1. The molecular formula is C20H29N3O4S. The van der Waals surface area contributed by atoms with Crippen LogP contribution >= 0.6 is 0 Å². The Hall–Kier alpha value is -1.93. The van der Waals surface area contributed by atoms with Crippen LogP contribution in [0.25, 0.3) is 0 Å². The Morgan fingerprint density at radius 1 is 0.964 bits per heavy atom. The van der Waals surface area contributed by atoms with Gasteiger partial charge in [0.05, 0.1) is 4.90 Å². The number of hydrogen-bond acceptors (Lipinski definition) is 4. The fourth-order valence-electron chi connectivity index (χ4n) is 4.03.